The number of hydrogen-bond acceptors (Lipinski definition) is 4. The summed E-state index contributed by atoms with van der Waals surface area (Å²) in [5.74, 6) is 1.98. The van der Waals surface area contributed by atoms with Gasteiger partial charge in [-0.3, -0.25) is 9.89 Å². The second-order valence-corrected chi connectivity index (χ2v) is 8.61. The van der Waals surface area contributed by atoms with Gasteiger partial charge in [-0.25, -0.2) is 0 Å². The molecular weight excluding hydrogens is 358 g/mol. The fourth-order valence-electron chi connectivity index (χ4n) is 5.44. The molecule has 29 heavy (non-hydrogen) atoms. The molecule has 1 saturated carbocycles. The van der Waals surface area contributed by atoms with E-state index in [0.29, 0.717) is 17.9 Å². The molecule has 3 aliphatic rings. The monoisotopic (exact) mass is 385 g/mol. The Hall–Kier alpha value is -2.64. The van der Waals surface area contributed by atoms with E-state index in [1.54, 1.807) is 7.11 Å². The van der Waals surface area contributed by atoms with Crippen LogP contribution in [0.5, 0.6) is 5.75 Å². The van der Waals surface area contributed by atoms with E-state index in [4.69, 9.17) is 4.74 Å². The van der Waals surface area contributed by atoms with Crippen molar-refractivity contribution in [2.24, 2.45) is 10.9 Å². The van der Waals surface area contributed by atoms with Crippen molar-refractivity contribution in [2.75, 3.05) is 13.7 Å². The van der Waals surface area contributed by atoms with Crippen molar-refractivity contribution >= 4 is 11.9 Å². The molecule has 0 spiro atoms. The molecule has 0 aromatic heterocycles. The molecule has 4 nitrogen and oxygen atoms in total. The first-order chi connectivity index (χ1) is 14.2. The molecule has 0 amide bonds. The fourth-order valence-corrected chi connectivity index (χ4v) is 5.44. The van der Waals surface area contributed by atoms with Crippen LogP contribution in [0.25, 0.3) is 0 Å². The minimum absolute atomic E-state index is 0.380. The van der Waals surface area contributed by atoms with Gasteiger partial charge in [0.25, 0.3) is 0 Å². The summed E-state index contributed by atoms with van der Waals surface area (Å²) < 4.78 is 5.43. The normalized spacial score (nSPS) is 25.9. The highest BCUT2D eigenvalue weighted by Crippen LogP contribution is 2.43. The molecule has 0 radical (unpaired) electrons. The molecule has 2 aliphatic heterocycles. The van der Waals surface area contributed by atoms with Crippen molar-refractivity contribution in [3.05, 3.63) is 58.7 Å². The summed E-state index contributed by atoms with van der Waals surface area (Å²) in [6.07, 6.45) is 8.24. The number of benzene rings is 2. The Morgan fingerprint density at radius 1 is 1.07 bits per heavy atom. The van der Waals surface area contributed by atoms with Gasteiger partial charge in [-0.2, -0.15) is 5.26 Å². The molecule has 1 atom stereocenters. The first-order valence-electron chi connectivity index (χ1n) is 10.7. The summed E-state index contributed by atoms with van der Waals surface area (Å²) in [5.41, 5.74) is 5.96. The van der Waals surface area contributed by atoms with E-state index in [0.717, 1.165) is 36.5 Å². The lowest BCUT2D eigenvalue weighted by Crippen LogP contribution is -2.41. The smallest absolute Gasteiger partial charge is 0.119 e. The number of nitrogens with zero attached hydrogens (tertiary/aromatic N) is 3. The Balaban J connectivity index is 1.24. The maximum atomic E-state index is 9.24. The fraction of sp³-hybridized carbons (Fsp3) is 0.440. The van der Waals surface area contributed by atoms with Crippen LogP contribution in [0, 0.1) is 17.2 Å². The zero-order chi connectivity index (χ0) is 19.8. The second-order valence-electron chi connectivity index (χ2n) is 8.61. The Bertz CT molecular complexity index is 982. The molecule has 4 heteroatoms. The van der Waals surface area contributed by atoms with Crippen molar-refractivity contribution < 1.29 is 4.74 Å². The third-order valence-electron chi connectivity index (χ3n) is 7.11. The van der Waals surface area contributed by atoms with Crippen molar-refractivity contribution in [1.82, 2.24) is 4.90 Å². The Morgan fingerprint density at radius 2 is 1.93 bits per heavy atom. The lowest BCUT2D eigenvalue weighted by Gasteiger charge is -2.40. The minimum Gasteiger partial charge on any atom is -0.497 e. The van der Waals surface area contributed by atoms with Gasteiger partial charge < -0.3 is 4.74 Å². The zero-order valence-electron chi connectivity index (χ0n) is 17.0. The number of methoxy groups -OCH3 is 1. The van der Waals surface area contributed by atoms with Gasteiger partial charge in [-0.15, -0.1) is 0 Å². The Kier molecular flexibility index (Phi) is 4.85. The van der Waals surface area contributed by atoms with Crippen LogP contribution in [0.15, 0.2) is 41.4 Å². The quantitative estimate of drug-likeness (QED) is 0.748. The average Bonchev–Trinajstić information content (AvgIpc) is 3.21. The summed E-state index contributed by atoms with van der Waals surface area (Å²) in [4.78, 5) is 7.31. The highest BCUT2D eigenvalue weighted by atomic mass is 16.5. The molecule has 0 bridgehead atoms. The van der Waals surface area contributed by atoms with Gasteiger partial charge in [0.2, 0.25) is 0 Å². The first-order valence-corrected chi connectivity index (χ1v) is 10.7. The number of hydrogen-bond donors (Lipinski definition) is 0. The molecule has 1 unspecified atom stereocenters. The Labute approximate surface area is 172 Å². The van der Waals surface area contributed by atoms with Crippen LogP contribution in [0.1, 0.15) is 53.9 Å². The van der Waals surface area contributed by atoms with E-state index in [1.165, 1.54) is 42.4 Å². The highest BCUT2D eigenvalue weighted by molar-refractivity contribution is 5.81. The van der Waals surface area contributed by atoms with Gasteiger partial charge >= 0.3 is 0 Å². The van der Waals surface area contributed by atoms with Gasteiger partial charge in [-0.05, 0) is 85.0 Å². The summed E-state index contributed by atoms with van der Waals surface area (Å²) in [6, 6.07) is 15.4. The Morgan fingerprint density at radius 3 is 2.72 bits per heavy atom. The average molecular weight is 386 g/mol. The third kappa shape index (κ3) is 3.45. The van der Waals surface area contributed by atoms with Gasteiger partial charge in [0.1, 0.15) is 5.75 Å². The molecule has 0 saturated heterocycles. The van der Waals surface area contributed by atoms with E-state index in [1.807, 2.05) is 18.2 Å². The van der Waals surface area contributed by atoms with Crippen LogP contribution in [0.3, 0.4) is 0 Å². The van der Waals surface area contributed by atoms with Crippen LogP contribution in [-0.4, -0.2) is 30.8 Å². The largest absolute Gasteiger partial charge is 0.497 e. The molecule has 148 valence electrons. The third-order valence-corrected chi connectivity index (χ3v) is 7.11. The van der Waals surface area contributed by atoms with Crippen LogP contribution >= 0.6 is 0 Å². The van der Waals surface area contributed by atoms with Crippen LogP contribution < -0.4 is 4.74 Å². The van der Waals surface area contributed by atoms with E-state index in [-0.39, 0.29) is 0 Å². The molecular formula is C25H27N3O. The summed E-state index contributed by atoms with van der Waals surface area (Å²) in [7, 11) is 1.74. The van der Waals surface area contributed by atoms with Crippen molar-refractivity contribution in [3.8, 4) is 11.8 Å². The minimum atomic E-state index is 0.380. The predicted octanol–water partition coefficient (Wildman–Crippen LogP) is 4.98. The number of nitriles is 1. The standard InChI is InChI=1S/C25H27N3O/c1-29-22-8-5-18-10-11-28(16-20(18)13-22)21-6-3-19(4-7-21)24-15-27-25-9-2-17(14-26)12-23(24)25/h2,5,8-9,12-13,15,19,21,24H,3-4,6-7,10-11,16H2,1H3. The molecule has 1 aliphatic carbocycles. The van der Waals surface area contributed by atoms with Gasteiger partial charge in [0, 0.05) is 31.3 Å². The zero-order valence-corrected chi connectivity index (χ0v) is 17.0. The van der Waals surface area contributed by atoms with Gasteiger partial charge in [0.05, 0.1) is 24.4 Å². The van der Waals surface area contributed by atoms with Crippen molar-refractivity contribution in [2.45, 2.75) is 50.6 Å². The SMILES string of the molecule is COc1ccc2c(c1)CN(C1CCC(C3C=Nc4ccc(C#N)cc43)CC1)CC2. The highest BCUT2D eigenvalue weighted by Gasteiger charge is 2.34. The van der Waals surface area contributed by atoms with E-state index >= 15 is 0 Å². The van der Waals surface area contributed by atoms with Crippen LogP contribution in [0.2, 0.25) is 0 Å². The maximum Gasteiger partial charge on any atom is 0.119 e. The molecule has 2 heterocycles. The van der Waals surface area contributed by atoms with Gasteiger partial charge in [-0.1, -0.05) is 6.07 Å². The molecule has 0 N–H and O–H groups in total. The van der Waals surface area contributed by atoms with Crippen molar-refractivity contribution in [1.29, 1.82) is 5.26 Å². The first kappa shape index (κ1) is 18.4. The lowest BCUT2D eigenvalue weighted by atomic mass is 9.75. The second kappa shape index (κ2) is 7.65. The molecule has 5 rings (SSSR count). The molecule has 2 aromatic rings. The predicted molar refractivity (Wildman–Crippen MR) is 115 cm³/mol. The van der Waals surface area contributed by atoms with E-state index in [2.05, 4.69) is 40.4 Å². The number of aliphatic imine (C=N–C) groups is 1. The molecule has 1 fully saturated rings. The summed E-state index contributed by atoms with van der Waals surface area (Å²) >= 11 is 0. The lowest BCUT2D eigenvalue weighted by molar-refractivity contribution is 0.121. The number of fused-ring (bicyclic) bond motifs is 2. The topological polar surface area (TPSA) is 48.6 Å². The van der Waals surface area contributed by atoms with E-state index < -0.39 is 0 Å². The van der Waals surface area contributed by atoms with Crippen LogP contribution in [0.4, 0.5) is 5.69 Å². The van der Waals surface area contributed by atoms with Crippen LogP contribution in [-0.2, 0) is 13.0 Å². The molecule has 2 aromatic carbocycles. The summed E-state index contributed by atoms with van der Waals surface area (Å²) in [5, 5.41) is 9.24. The summed E-state index contributed by atoms with van der Waals surface area (Å²) in [6.45, 7) is 2.20. The van der Waals surface area contributed by atoms with Crippen molar-refractivity contribution in [3.63, 3.8) is 0 Å². The number of rotatable bonds is 3. The maximum absolute atomic E-state index is 9.24. The van der Waals surface area contributed by atoms with Gasteiger partial charge in [0.15, 0.2) is 0 Å². The number of ether oxygens (including phenoxy) is 1. The van der Waals surface area contributed by atoms with E-state index in [9.17, 15) is 5.26 Å².